The fourth-order valence-electron chi connectivity index (χ4n) is 1.49. The van der Waals surface area contributed by atoms with Crippen LogP contribution >= 0.6 is 11.6 Å². The summed E-state index contributed by atoms with van der Waals surface area (Å²) in [5.41, 5.74) is 2.18. The summed E-state index contributed by atoms with van der Waals surface area (Å²) in [5, 5.41) is 9.35. The molecule has 0 bridgehead atoms. The lowest BCUT2D eigenvalue weighted by Gasteiger charge is -2.09. The summed E-state index contributed by atoms with van der Waals surface area (Å²) in [6.07, 6.45) is 1.61. The van der Waals surface area contributed by atoms with Crippen LogP contribution in [0.3, 0.4) is 0 Å². The maximum Gasteiger partial charge on any atom is 0.140 e. The summed E-state index contributed by atoms with van der Waals surface area (Å²) in [6.45, 7) is 2.18. The predicted octanol–water partition coefficient (Wildman–Crippen LogP) is 2.58. The van der Waals surface area contributed by atoms with Gasteiger partial charge in [0.1, 0.15) is 5.75 Å². The number of aryl methyl sites for hydroxylation is 2. The predicted molar refractivity (Wildman–Crippen MR) is 58.1 cm³/mol. The highest BCUT2D eigenvalue weighted by molar-refractivity contribution is 6.32. The van der Waals surface area contributed by atoms with Gasteiger partial charge in [-0.3, -0.25) is 0 Å². The van der Waals surface area contributed by atoms with E-state index in [4.69, 9.17) is 21.4 Å². The molecule has 1 N–H and O–H groups in total. The molecule has 0 radical (unpaired) electrons. The first kappa shape index (κ1) is 11.3. The average Bonchev–Trinajstić information content (AvgIpc) is 2.14. The maximum absolute atomic E-state index is 8.71. The first-order chi connectivity index (χ1) is 6.69. The quantitative estimate of drug-likeness (QED) is 0.835. The van der Waals surface area contributed by atoms with Crippen molar-refractivity contribution in [2.45, 2.75) is 19.8 Å². The van der Waals surface area contributed by atoms with Crippen molar-refractivity contribution in [3.63, 3.8) is 0 Å². The molecule has 78 valence electrons. The zero-order valence-corrected chi connectivity index (χ0v) is 9.27. The van der Waals surface area contributed by atoms with Crippen LogP contribution in [0.5, 0.6) is 5.75 Å². The van der Waals surface area contributed by atoms with Crippen molar-refractivity contribution in [1.82, 2.24) is 0 Å². The SMILES string of the molecule is COc1c(C)cc(CCCO)cc1Cl. The van der Waals surface area contributed by atoms with E-state index < -0.39 is 0 Å². The Hall–Kier alpha value is -0.730. The highest BCUT2D eigenvalue weighted by Crippen LogP contribution is 2.29. The van der Waals surface area contributed by atoms with Crippen molar-refractivity contribution in [1.29, 1.82) is 0 Å². The molecule has 0 amide bonds. The lowest BCUT2D eigenvalue weighted by atomic mass is 10.1. The molecular weight excluding hydrogens is 200 g/mol. The zero-order chi connectivity index (χ0) is 10.6. The molecule has 0 unspecified atom stereocenters. The molecule has 1 rings (SSSR count). The minimum absolute atomic E-state index is 0.211. The normalized spacial score (nSPS) is 10.3. The van der Waals surface area contributed by atoms with Gasteiger partial charge in [-0.1, -0.05) is 17.7 Å². The number of aliphatic hydroxyl groups excluding tert-OH is 1. The Morgan fingerprint density at radius 1 is 1.43 bits per heavy atom. The molecule has 0 fully saturated rings. The third kappa shape index (κ3) is 2.63. The summed E-state index contributed by atoms with van der Waals surface area (Å²) in [4.78, 5) is 0. The molecule has 0 atom stereocenters. The Labute approximate surface area is 89.5 Å². The van der Waals surface area contributed by atoms with Gasteiger partial charge in [0.2, 0.25) is 0 Å². The van der Waals surface area contributed by atoms with Crippen LogP contribution in [-0.2, 0) is 6.42 Å². The van der Waals surface area contributed by atoms with Gasteiger partial charge in [-0.15, -0.1) is 0 Å². The van der Waals surface area contributed by atoms with E-state index in [0.717, 1.165) is 29.7 Å². The van der Waals surface area contributed by atoms with Gasteiger partial charge >= 0.3 is 0 Å². The van der Waals surface area contributed by atoms with Gasteiger partial charge in [0.05, 0.1) is 12.1 Å². The van der Waals surface area contributed by atoms with Crippen LogP contribution < -0.4 is 4.74 Å². The standard InChI is InChI=1S/C11H15ClO2/c1-8-6-9(4-3-5-13)7-10(12)11(8)14-2/h6-7,13H,3-5H2,1-2H3. The molecule has 0 spiro atoms. The summed E-state index contributed by atoms with van der Waals surface area (Å²) in [7, 11) is 1.61. The second kappa shape index (κ2) is 5.23. The summed E-state index contributed by atoms with van der Waals surface area (Å²) >= 11 is 6.03. The minimum Gasteiger partial charge on any atom is -0.495 e. The summed E-state index contributed by atoms with van der Waals surface area (Å²) in [5.74, 6) is 0.736. The highest BCUT2D eigenvalue weighted by atomic mass is 35.5. The van der Waals surface area contributed by atoms with Crippen molar-refractivity contribution < 1.29 is 9.84 Å². The van der Waals surface area contributed by atoms with E-state index in [2.05, 4.69) is 0 Å². The molecule has 0 aliphatic rings. The fraction of sp³-hybridized carbons (Fsp3) is 0.455. The lowest BCUT2D eigenvalue weighted by molar-refractivity contribution is 0.288. The van der Waals surface area contributed by atoms with Gasteiger partial charge in [0.25, 0.3) is 0 Å². The molecule has 0 saturated heterocycles. The molecule has 14 heavy (non-hydrogen) atoms. The van der Waals surface area contributed by atoms with Gasteiger partial charge in [0.15, 0.2) is 0 Å². The van der Waals surface area contributed by atoms with Crippen LogP contribution in [0, 0.1) is 6.92 Å². The fourth-order valence-corrected chi connectivity index (χ4v) is 1.85. The lowest BCUT2D eigenvalue weighted by Crippen LogP contribution is -1.94. The molecule has 3 heteroatoms. The van der Waals surface area contributed by atoms with Crippen molar-refractivity contribution >= 4 is 11.6 Å². The van der Waals surface area contributed by atoms with Gasteiger partial charge in [-0.25, -0.2) is 0 Å². The Bertz CT molecular complexity index is 287. The summed E-state index contributed by atoms with van der Waals surface area (Å²) < 4.78 is 5.15. The van der Waals surface area contributed by atoms with Gasteiger partial charge < -0.3 is 9.84 Å². The maximum atomic E-state index is 8.71. The van der Waals surface area contributed by atoms with E-state index >= 15 is 0 Å². The third-order valence-electron chi connectivity index (χ3n) is 2.12. The summed E-state index contributed by atoms with van der Waals surface area (Å²) in [6, 6.07) is 3.93. The van der Waals surface area contributed by atoms with Crippen LogP contribution in [0.15, 0.2) is 12.1 Å². The number of halogens is 1. The van der Waals surface area contributed by atoms with Crippen LogP contribution in [0.2, 0.25) is 5.02 Å². The van der Waals surface area contributed by atoms with Crippen molar-refractivity contribution in [3.8, 4) is 5.75 Å². The zero-order valence-electron chi connectivity index (χ0n) is 8.51. The van der Waals surface area contributed by atoms with E-state index in [9.17, 15) is 0 Å². The van der Waals surface area contributed by atoms with Crippen LogP contribution in [0.25, 0.3) is 0 Å². The number of ether oxygens (including phenoxy) is 1. The highest BCUT2D eigenvalue weighted by Gasteiger charge is 2.06. The number of methoxy groups -OCH3 is 1. The molecule has 0 heterocycles. The van der Waals surface area contributed by atoms with Crippen LogP contribution in [0.4, 0.5) is 0 Å². The van der Waals surface area contributed by atoms with Crippen molar-refractivity contribution in [2.75, 3.05) is 13.7 Å². The van der Waals surface area contributed by atoms with E-state index in [1.54, 1.807) is 7.11 Å². The topological polar surface area (TPSA) is 29.5 Å². The molecule has 0 aliphatic heterocycles. The molecule has 0 saturated carbocycles. The number of benzene rings is 1. The van der Waals surface area contributed by atoms with Crippen LogP contribution in [-0.4, -0.2) is 18.8 Å². The van der Waals surface area contributed by atoms with E-state index in [1.165, 1.54) is 0 Å². The Balaban J connectivity index is 2.90. The first-order valence-electron chi connectivity index (χ1n) is 4.63. The largest absolute Gasteiger partial charge is 0.495 e. The molecule has 1 aromatic carbocycles. The number of rotatable bonds is 4. The monoisotopic (exact) mass is 214 g/mol. The van der Waals surface area contributed by atoms with Gasteiger partial charge in [-0.05, 0) is 37.0 Å². The van der Waals surface area contributed by atoms with E-state index in [-0.39, 0.29) is 6.61 Å². The third-order valence-corrected chi connectivity index (χ3v) is 2.40. The Morgan fingerprint density at radius 3 is 2.64 bits per heavy atom. The first-order valence-corrected chi connectivity index (χ1v) is 5.00. The Morgan fingerprint density at radius 2 is 2.14 bits per heavy atom. The van der Waals surface area contributed by atoms with Gasteiger partial charge in [-0.2, -0.15) is 0 Å². The second-order valence-electron chi connectivity index (χ2n) is 3.25. The Kier molecular flexibility index (Phi) is 4.23. The van der Waals surface area contributed by atoms with Crippen molar-refractivity contribution in [3.05, 3.63) is 28.3 Å². The smallest absolute Gasteiger partial charge is 0.140 e. The average molecular weight is 215 g/mol. The van der Waals surface area contributed by atoms with Crippen molar-refractivity contribution in [2.24, 2.45) is 0 Å². The molecule has 2 nitrogen and oxygen atoms in total. The van der Waals surface area contributed by atoms with Gasteiger partial charge in [0, 0.05) is 6.61 Å². The second-order valence-corrected chi connectivity index (χ2v) is 3.66. The number of hydrogen-bond acceptors (Lipinski definition) is 2. The number of hydrogen-bond donors (Lipinski definition) is 1. The molecule has 0 aliphatic carbocycles. The molecule has 0 aromatic heterocycles. The van der Waals surface area contributed by atoms with E-state index in [1.807, 2.05) is 19.1 Å². The molecule has 1 aromatic rings. The van der Waals surface area contributed by atoms with E-state index in [0.29, 0.717) is 5.02 Å². The number of aliphatic hydroxyl groups is 1. The van der Waals surface area contributed by atoms with Crippen LogP contribution in [0.1, 0.15) is 17.5 Å². The minimum atomic E-state index is 0.211. The molecular formula is C11H15ClO2.